The van der Waals surface area contributed by atoms with Crippen LogP contribution >= 0.6 is 0 Å². The first kappa shape index (κ1) is 20.5. The summed E-state index contributed by atoms with van der Waals surface area (Å²) in [5.74, 6) is 1.34. The summed E-state index contributed by atoms with van der Waals surface area (Å²) in [4.78, 5) is 16.7. The average molecular weight is 358 g/mol. The number of carbonyl (C=O) groups is 1. The zero-order chi connectivity index (χ0) is 19.0. The number of benzene rings is 1. The second-order valence-corrected chi connectivity index (χ2v) is 8.19. The summed E-state index contributed by atoms with van der Waals surface area (Å²) < 4.78 is 2.41. The van der Waals surface area contributed by atoms with Gasteiger partial charge in [-0.3, -0.25) is 4.79 Å². The fourth-order valence-corrected chi connectivity index (χ4v) is 3.14. The number of nitrogens with one attached hydrogen (secondary N) is 1. The monoisotopic (exact) mass is 357 g/mol. The molecule has 2 rings (SSSR count). The van der Waals surface area contributed by atoms with Crippen molar-refractivity contribution in [2.24, 2.45) is 5.41 Å². The van der Waals surface area contributed by atoms with Crippen LogP contribution in [0.25, 0.3) is 11.0 Å². The van der Waals surface area contributed by atoms with Gasteiger partial charge in [-0.15, -0.1) is 0 Å². The number of aryl methyl sites for hydroxylation is 2. The number of unbranched alkanes of at least 4 members (excludes halogenated alkanes) is 4. The number of aromatic nitrogens is 2. The SMILES string of the molecule is CCCCCn1c(CCCCCNC(=O)C(C)(C)C)nc2ccccc21. The molecule has 4 heteroatoms. The first-order valence-corrected chi connectivity index (χ1v) is 10.2. The molecule has 0 unspecified atom stereocenters. The molecule has 0 spiro atoms. The highest BCUT2D eigenvalue weighted by Crippen LogP contribution is 2.19. The van der Waals surface area contributed by atoms with Crippen LogP contribution in [0.2, 0.25) is 0 Å². The quantitative estimate of drug-likeness (QED) is 0.601. The van der Waals surface area contributed by atoms with Crippen LogP contribution in [-0.2, 0) is 17.8 Å². The fourth-order valence-electron chi connectivity index (χ4n) is 3.14. The lowest BCUT2D eigenvalue weighted by Crippen LogP contribution is -2.35. The Hall–Kier alpha value is -1.84. The van der Waals surface area contributed by atoms with E-state index in [0.29, 0.717) is 0 Å². The lowest BCUT2D eigenvalue weighted by atomic mass is 9.96. The smallest absolute Gasteiger partial charge is 0.225 e. The maximum absolute atomic E-state index is 11.9. The molecule has 2 aromatic rings. The Labute approximate surface area is 158 Å². The predicted octanol–water partition coefficient (Wildman–Crippen LogP) is 5.10. The van der Waals surface area contributed by atoms with Crippen molar-refractivity contribution in [1.29, 1.82) is 0 Å². The highest BCUT2D eigenvalue weighted by molar-refractivity contribution is 5.81. The maximum Gasteiger partial charge on any atom is 0.225 e. The van der Waals surface area contributed by atoms with Crippen molar-refractivity contribution in [2.45, 2.75) is 79.2 Å². The topological polar surface area (TPSA) is 46.9 Å². The summed E-state index contributed by atoms with van der Waals surface area (Å²) in [5, 5.41) is 3.03. The molecule has 1 aromatic carbocycles. The van der Waals surface area contributed by atoms with Crippen molar-refractivity contribution < 1.29 is 4.79 Å². The Morgan fingerprint density at radius 2 is 1.85 bits per heavy atom. The average Bonchev–Trinajstić information content (AvgIpc) is 2.95. The van der Waals surface area contributed by atoms with Crippen LogP contribution in [0.3, 0.4) is 0 Å². The number of carbonyl (C=O) groups excluding carboxylic acids is 1. The summed E-state index contributed by atoms with van der Waals surface area (Å²) >= 11 is 0. The van der Waals surface area contributed by atoms with Crippen LogP contribution in [0.1, 0.15) is 72.0 Å². The first-order chi connectivity index (χ1) is 12.4. The van der Waals surface area contributed by atoms with E-state index in [0.717, 1.165) is 44.3 Å². The second-order valence-electron chi connectivity index (χ2n) is 8.19. The van der Waals surface area contributed by atoms with E-state index in [1.807, 2.05) is 20.8 Å². The van der Waals surface area contributed by atoms with Crippen molar-refractivity contribution >= 4 is 16.9 Å². The van der Waals surface area contributed by atoms with Gasteiger partial charge in [-0.05, 0) is 31.4 Å². The fraction of sp³-hybridized carbons (Fsp3) is 0.636. The minimum atomic E-state index is -0.302. The molecular weight excluding hydrogens is 322 g/mol. The van der Waals surface area contributed by atoms with Gasteiger partial charge in [0.2, 0.25) is 5.91 Å². The van der Waals surface area contributed by atoms with Gasteiger partial charge in [0.15, 0.2) is 0 Å². The third-order valence-corrected chi connectivity index (χ3v) is 4.76. The molecule has 0 saturated carbocycles. The number of para-hydroxylation sites is 2. The van der Waals surface area contributed by atoms with Crippen molar-refractivity contribution in [3.8, 4) is 0 Å². The Kier molecular flexibility index (Phi) is 7.67. The van der Waals surface area contributed by atoms with Crippen molar-refractivity contribution in [1.82, 2.24) is 14.9 Å². The van der Waals surface area contributed by atoms with Gasteiger partial charge in [-0.2, -0.15) is 0 Å². The molecule has 1 aromatic heterocycles. The summed E-state index contributed by atoms with van der Waals surface area (Å²) in [6.07, 6.45) is 7.97. The summed E-state index contributed by atoms with van der Waals surface area (Å²) in [7, 11) is 0. The molecule has 0 aliphatic heterocycles. The van der Waals surface area contributed by atoms with Gasteiger partial charge in [0, 0.05) is 24.9 Å². The molecular formula is C22H35N3O. The van der Waals surface area contributed by atoms with Crippen LogP contribution in [-0.4, -0.2) is 22.0 Å². The zero-order valence-corrected chi connectivity index (χ0v) is 17.0. The van der Waals surface area contributed by atoms with Gasteiger partial charge in [0.1, 0.15) is 5.82 Å². The van der Waals surface area contributed by atoms with Gasteiger partial charge < -0.3 is 9.88 Å². The first-order valence-electron chi connectivity index (χ1n) is 10.2. The van der Waals surface area contributed by atoms with E-state index >= 15 is 0 Å². The van der Waals surface area contributed by atoms with Gasteiger partial charge >= 0.3 is 0 Å². The van der Waals surface area contributed by atoms with Gasteiger partial charge in [-0.1, -0.05) is 59.1 Å². The van der Waals surface area contributed by atoms with Crippen LogP contribution in [0.4, 0.5) is 0 Å². The number of amides is 1. The number of fused-ring (bicyclic) bond motifs is 1. The molecule has 26 heavy (non-hydrogen) atoms. The number of hydrogen-bond acceptors (Lipinski definition) is 2. The molecule has 0 bridgehead atoms. The Morgan fingerprint density at radius 1 is 1.08 bits per heavy atom. The van der Waals surface area contributed by atoms with Crippen LogP contribution in [0.15, 0.2) is 24.3 Å². The highest BCUT2D eigenvalue weighted by Gasteiger charge is 2.20. The molecule has 0 atom stereocenters. The van der Waals surface area contributed by atoms with E-state index in [4.69, 9.17) is 4.98 Å². The molecule has 0 fully saturated rings. The Bertz CT molecular complexity index is 697. The summed E-state index contributed by atoms with van der Waals surface area (Å²) in [6, 6.07) is 8.45. The third kappa shape index (κ3) is 5.86. The van der Waals surface area contributed by atoms with Gasteiger partial charge in [0.25, 0.3) is 0 Å². The highest BCUT2D eigenvalue weighted by atomic mass is 16.2. The van der Waals surface area contributed by atoms with E-state index in [1.165, 1.54) is 30.6 Å². The Balaban J connectivity index is 1.84. The third-order valence-electron chi connectivity index (χ3n) is 4.76. The van der Waals surface area contributed by atoms with E-state index in [9.17, 15) is 4.79 Å². The number of hydrogen-bond donors (Lipinski definition) is 1. The van der Waals surface area contributed by atoms with Crippen molar-refractivity contribution in [2.75, 3.05) is 6.54 Å². The largest absolute Gasteiger partial charge is 0.356 e. The maximum atomic E-state index is 11.9. The number of nitrogens with zero attached hydrogens (tertiary/aromatic N) is 2. The van der Waals surface area contributed by atoms with Gasteiger partial charge in [-0.25, -0.2) is 4.98 Å². The Morgan fingerprint density at radius 3 is 2.58 bits per heavy atom. The van der Waals surface area contributed by atoms with E-state index in [2.05, 4.69) is 41.1 Å². The van der Waals surface area contributed by atoms with Crippen molar-refractivity contribution in [3.05, 3.63) is 30.1 Å². The molecule has 0 aliphatic rings. The lowest BCUT2D eigenvalue weighted by Gasteiger charge is -2.17. The van der Waals surface area contributed by atoms with Crippen LogP contribution < -0.4 is 5.32 Å². The van der Waals surface area contributed by atoms with E-state index in [-0.39, 0.29) is 11.3 Å². The zero-order valence-electron chi connectivity index (χ0n) is 17.0. The molecule has 144 valence electrons. The summed E-state index contributed by atoms with van der Waals surface area (Å²) in [6.45, 7) is 9.92. The standard InChI is InChI=1S/C22H35N3O/c1-5-6-12-17-25-19-14-10-9-13-18(19)24-20(25)15-8-7-11-16-23-21(26)22(2,3)4/h9-10,13-14H,5-8,11-12,15-17H2,1-4H3,(H,23,26). The minimum Gasteiger partial charge on any atom is -0.356 e. The van der Waals surface area contributed by atoms with Crippen LogP contribution in [0.5, 0.6) is 0 Å². The molecule has 0 radical (unpaired) electrons. The van der Waals surface area contributed by atoms with Gasteiger partial charge in [0.05, 0.1) is 11.0 Å². The normalized spacial score (nSPS) is 11.8. The molecule has 1 amide bonds. The molecule has 1 heterocycles. The van der Waals surface area contributed by atoms with E-state index < -0.39 is 0 Å². The van der Waals surface area contributed by atoms with E-state index in [1.54, 1.807) is 0 Å². The predicted molar refractivity (Wildman–Crippen MR) is 109 cm³/mol. The van der Waals surface area contributed by atoms with Crippen LogP contribution in [0, 0.1) is 5.41 Å². The number of imidazole rings is 1. The minimum absolute atomic E-state index is 0.134. The molecule has 0 aliphatic carbocycles. The second kappa shape index (κ2) is 9.75. The van der Waals surface area contributed by atoms with Crippen molar-refractivity contribution in [3.63, 3.8) is 0 Å². The lowest BCUT2D eigenvalue weighted by molar-refractivity contribution is -0.128. The number of rotatable bonds is 10. The summed E-state index contributed by atoms with van der Waals surface area (Å²) in [5.41, 5.74) is 2.07. The molecule has 0 saturated heterocycles. The molecule has 4 nitrogen and oxygen atoms in total. The molecule has 1 N–H and O–H groups in total.